The molecule has 2 aliphatic rings. The molecule has 1 aromatic carbocycles. The topological polar surface area (TPSA) is 41.6 Å². The molecule has 5 heteroatoms. The third kappa shape index (κ3) is 3.41. The Morgan fingerprint density at radius 1 is 1.48 bits per heavy atom. The molecule has 1 heterocycles. The van der Waals surface area contributed by atoms with E-state index in [1.807, 2.05) is 0 Å². The third-order valence-corrected chi connectivity index (χ3v) is 4.12. The number of hydrogen-bond donors (Lipinski definition) is 1. The number of carbonyl (C=O) groups is 1. The van der Waals surface area contributed by atoms with Crippen LogP contribution in [0.4, 0.5) is 10.1 Å². The van der Waals surface area contributed by atoms with Crippen LogP contribution < -0.4 is 5.32 Å². The Morgan fingerprint density at radius 3 is 3.00 bits per heavy atom. The first-order valence-electron chi connectivity index (χ1n) is 7.54. The number of anilines is 1. The first-order chi connectivity index (χ1) is 10.1. The van der Waals surface area contributed by atoms with E-state index in [2.05, 4.69) is 10.2 Å². The number of rotatable bonds is 5. The van der Waals surface area contributed by atoms with Crippen molar-refractivity contribution in [3.63, 3.8) is 0 Å². The van der Waals surface area contributed by atoms with Crippen LogP contribution in [0.5, 0.6) is 0 Å². The molecule has 2 fully saturated rings. The van der Waals surface area contributed by atoms with Gasteiger partial charge in [0.15, 0.2) is 5.78 Å². The van der Waals surface area contributed by atoms with Crippen molar-refractivity contribution >= 4 is 11.5 Å². The van der Waals surface area contributed by atoms with E-state index >= 15 is 0 Å². The highest BCUT2D eigenvalue weighted by Crippen LogP contribution is 2.28. The van der Waals surface area contributed by atoms with E-state index in [9.17, 15) is 9.18 Å². The molecule has 1 saturated carbocycles. The highest BCUT2D eigenvalue weighted by Gasteiger charge is 2.32. The molecule has 1 aromatic rings. The van der Waals surface area contributed by atoms with Gasteiger partial charge in [0.2, 0.25) is 0 Å². The average Bonchev–Trinajstić information content (AvgIpc) is 3.29. The lowest BCUT2D eigenvalue weighted by Gasteiger charge is -2.33. The number of hydrogen-bond acceptors (Lipinski definition) is 4. The highest BCUT2D eigenvalue weighted by atomic mass is 19.1. The Hall–Kier alpha value is -1.46. The van der Waals surface area contributed by atoms with Gasteiger partial charge in [-0.25, -0.2) is 4.39 Å². The number of halogens is 1. The molecule has 0 radical (unpaired) electrons. The molecule has 1 aliphatic heterocycles. The lowest BCUT2D eigenvalue weighted by atomic mass is 10.1. The Kier molecular flexibility index (Phi) is 4.22. The zero-order chi connectivity index (χ0) is 14.8. The van der Waals surface area contributed by atoms with Gasteiger partial charge in [0.05, 0.1) is 18.3 Å². The summed E-state index contributed by atoms with van der Waals surface area (Å²) in [5.41, 5.74) is 0.682. The molecule has 1 unspecified atom stereocenters. The summed E-state index contributed by atoms with van der Waals surface area (Å²) in [7, 11) is 0. The van der Waals surface area contributed by atoms with E-state index in [-0.39, 0.29) is 17.5 Å². The van der Waals surface area contributed by atoms with Crippen molar-refractivity contribution in [2.45, 2.75) is 31.9 Å². The highest BCUT2D eigenvalue weighted by molar-refractivity contribution is 5.99. The summed E-state index contributed by atoms with van der Waals surface area (Å²) in [5, 5.41) is 3.17. The van der Waals surface area contributed by atoms with Crippen LogP contribution in [0.25, 0.3) is 0 Å². The monoisotopic (exact) mass is 292 g/mol. The van der Waals surface area contributed by atoms with Gasteiger partial charge in [0.25, 0.3) is 0 Å². The maximum atomic E-state index is 13.7. The van der Waals surface area contributed by atoms with Crippen molar-refractivity contribution in [3.05, 3.63) is 29.6 Å². The van der Waals surface area contributed by atoms with Crippen LogP contribution in [-0.4, -0.2) is 49.1 Å². The first kappa shape index (κ1) is 14.5. The number of carbonyl (C=O) groups excluding carboxylic acids is 1. The van der Waals surface area contributed by atoms with Gasteiger partial charge in [-0.05, 0) is 31.9 Å². The number of ketones is 1. The van der Waals surface area contributed by atoms with Crippen molar-refractivity contribution in [1.29, 1.82) is 0 Å². The van der Waals surface area contributed by atoms with Gasteiger partial charge < -0.3 is 10.1 Å². The molecule has 3 rings (SSSR count). The molecule has 0 aromatic heterocycles. The van der Waals surface area contributed by atoms with Gasteiger partial charge in [-0.2, -0.15) is 0 Å². The zero-order valence-corrected chi connectivity index (χ0v) is 12.3. The maximum absolute atomic E-state index is 13.7. The standard InChI is InChI=1S/C16H21FN2O2/c1-11(20)16-14(17)3-2-4-15(16)18-9-13-10-19(7-8-21-13)12-5-6-12/h2-4,12-13,18H,5-10H2,1H3. The molecule has 1 N–H and O–H groups in total. The van der Waals surface area contributed by atoms with E-state index in [0.29, 0.717) is 12.2 Å². The van der Waals surface area contributed by atoms with Crippen molar-refractivity contribution in [3.8, 4) is 0 Å². The summed E-state index contributed by atoms with van der Waals surface area (Å²) in [5.74, 6) is -0.739. The predicted molar refractivity (Wildman–Crippen MR) is 79.2 cm³/mol. The predicted octanol–water partition coefficient (Wildman–Crippen LogP) is 2.30. The van der Waals surface area contributed by atoms with Crippen LogP contribution in [0.15, 0.2) is 18.2 Å². The third-order valence-electron chi connectivity index (χ3n) is 4.12. The molecule has 1 saturated heterocycles. The summed E-state index contributed by atoms with van der Waals surface area (Å²) in [6, 6.07) is 5.40. The van der Waals surface area contributed by atoms with Crippen molar-refractivity contribution in [2.24, 2.45) is 0 Å². The van der Waals surface area contributed by atoms with Gasteiger partial charge in [0, 0.05) is 31.4 Å². The summed E-state index contributed by atoms with van der Waals surface area (Å²) >= 11 is 0. The van der Waals surface area contributed by atoms with Crippen molar-refractivity contribution in [1.82, 2.24) is 4.90 Å². The SMILES string of the molecule is CC(=O)c1c(F)cccc1NCC1CN(C2CC2)CCO1. The number of nitrogens with one attached hydrogen (secondary N) is 1. The summed E-state index contributed by atoms with van der Waals surface area (Å²) in [4.78, 5) is 14.0. The number of Topliss-reactive ketones (excluding diaryl/α,β-unsaturated/α-hetero) is 1. The molecule has 0 spiro atoms. The molecule has 1 aliphatic carbocycles. The first-order valence-corrected chi connectivity index (χ1v) is 7.54. The minimum atomic E-state index is -0.475. The Labute approximate surface area is 124 Å². The Morgan fingerprint density at radius 2 is 2.29 bits per heavy atom. The minimum Gasteiger partial charge on any atom is -0.382 e. The van der Waals surface area contributed by atoms with E-state index in [4.69, 9.17) is 4.74 Å². The molecule has 0 bridgehead atoms. The number of ether oxygens (including phenoxy) is 1. The maximum Gasteiger partial charge on any atom is 0.164 e. The molecule has 21 heavy (non-hydrogen) atoms. The summed E-state index contributed by atoms with van der Waals surface area (Å²) in [6.07, 6.45) is 2.67. The normalized spacial score (nSPS) is 23.0. The lowest BCUT2D eigenvalue weighted by molar-refractivity contribution is -0.0241. The molecule has 0 amide bonds. The number of nitrogens with zero attached hydrogens (tertiary/aromatic N) is 1. The molecular weight excluding hydrogens is 271 g/mol. The second-order valence-electron chi connectivity index (χ2n) is 5.82. The van der Waals surface area contributed by atoms with Crippen LogP contribution in [0.2, 0.25) is 0 Å². The van der Waals surface area contributed by atoms with Gasteiger partial charge in [-0.3, -0.25) is 9.69 Å². The van der Waals surface area contributed by atoms with Crippen LogP contribution in [0.3, 0.4) is 0 Å². The molecular formula is C16H21FN2O2. The van der Waals surface area contributed by atoms with Crippen molar-refractivity contribution < 1.29 is 13.9 Å². The molecule has 114 valence electrons. The fraction of sp³-hybridized carbons (Fsp3) is 0.562. The van der Waals surface area contributed by atoms with Crippen LogP contribution in [-0.2, 0) is 4.74 Å². The summed E-state index contributed by atoms with van der Waals surface area (Å²) < 4.78 is 19.5. The molecule has 1 atom stereocenters. The molecule has 4 nitrogen and oxygen atoms in total. The van der Waals surface area contributed by atoms with Crippen LogP contribution in [0.1, 0.15) is 30.1 Å². The van der Waals surface area contributed by atoms with E-state index < -0.39 is 5.82 Å². The van der Waals surface area contributed by atoms with E-state index in [1.54, 1.807) is 12.1 Å². The van der Waals surface area contributed by atoms with Gasteiger partial charge in [-0.1, -0.05) is 6.07 Å². The number of benzene rings is 1. The number of morpholine rings is 1. The van der Waals surface area contributed by atoms with Gasteiger partial charge >= 0.3 is 0 Å². The van der Waals surface area contributed by atoms with Gasteiger partial charge in [0.1, 0.15) is 5.82 Å². The largest absolute Gasteiger partial charge is 0.382 e. The van der Waals surface area contributed by atoms with E-state index in [0.717, 1.165) is 25.7 Å². The fourth-order valence-electron chi connectivity index (χ4n) is 2.89. The van der Waals surface area contributed by atoms with Crippen molar-refractivity contribution in [2.75, 3.05) is 31.6 Å². The average molecular weight is 292 g/mol. The van der Waals surface area contributed by atoms with Crippen LogP contribution in [0, 0.1) is 5.82 Å². The smallest absolute Gasteiger partial charge is 0.164 e. The van der Waals surface area contributed by atoms with Crippen LogP contribution >= 0.6 is 0 Å². The summed E-state index contributed by atoms with van der Waals surface area (Å²) in [6.45, 7) is 4.62. The quantitative estimate of drug-likeness (QED) is 0.846. The second kappa shape index (κ2) is 6.12. The minimum absolute atomic E-state index is 0.0856. The van der Waals surface area contributed by atoms with E-state index in [1.165, 1.54) is 25.8 Å². The lowest BCUT2D eigenvalue weighted by Crippen LogP contribution is -2.46. The fourth-order valence-corrected chi connectivity index (χ4v) is 2.89. The van der Waals surface area contributed by atoms with Gasteiger partial charge in [-0.15, -0.1) is 0 Å². The Bertz CT molecular complexity index is 531. The zero-order valence-electron chi connectivity index (χ0n) is 12.3. The Balaban J connectivity index is 1.62. The second-order valence-corrected chi connectivity index (χ2v) is 5.82.